The van der Waals surface area contributed by atoms with Gasteiger partial charge in [-0.15, -0.1) is 0 Å². The summed E-state index contributed by atoms with van der Waals surface area (Å²) >= 11 is 0. The van der Waals surface area contributed by atoms with Crippen LogP contribution in [-0.4, -0.2) is 15.6 Å². The molecule has 0 bridgehead atoms. The van der Waals surface area contributed by atoms with Crippen molar-refractivity contribution in [2.45, 2.75) is 47.1 Å². The zero-order valence-corrected chi connectivity index (χ0v) is 11.7. The Kier molecular flexibility index (Phi) is 5.64. The molecule has 1 rings (SSSR count). The van der Waals surface area contributed by atoms with E-state index < -0.39 is 0 Å². The van der Waals surface area contributed by atoms with Crippen molar-refractivity contribution in [3.63, 3.8) is 0 Å². The Morgan fingerprint density at radius 3 is 2.72 bits per heavy atom. The fourth-order valence-corrected chi connectivity index (χ4v) is 1.48. The van der Waals surface area contributed by atoms with E-state index in [0.29, 0.717) is 18.1 Å². The Hall–Kier alpha value is -1.56. The molecule has 0 saturated heterocycles. The van der Waals surface area contributed by atoms with Crippen LogP contribution in [0.2, 0.25) is 0 Å². The highest BCUT2D eigenvalue weighted by Crippen LogP contribution is 2.04. The molecule has 0 fully saturated rings. The van der Waals surface area contributed by atoms with E-state index in [1.807, 2.05) is 24.7 Å². The van der Waals surface area contributed by atoms with Crippen LogP contribution in [0, 0.1) is 23.7 Å². The predicted octanol–water partition coefficient (Wildman–Crippen LogP) is 2.90. The van der Waals surface area contributed by atoms with Crippen molar-refractivity contribution in [1.82, 2.24) is 9.78 Å². The van der Waals surface area contributed by atoms with E-state index in [2.05, 4.69) is 30.8 Å². The van der Waals surface area contributed by atoms with Gasteiger partial charge in [0.2, 0.25) is 0 Å². The van der Waals surface area contributed by atoms with Gasteiger partial charge in [-0.3, -0.25) is 9.48 Å². The van der Waals surface area contributed by atoms with Crippen LogP contribution in [0.25, 0.3) is 0 Å². The molecule has 98 valence electrons. The predicted molar refractivity (Wildman–Crippen MR) is 73.0 cm³/mol. The molecule has 0 aliphatic rings. The van der Waals surface area contributed by atoms with Gasteiger partial charge in [0.25, 0.3) is 0 Å². The van der Waals surface area contributed by atoms with Crippen LogP contribution in [0.4, 0.5) is 0 Å². The van der Waals surface area contributed by atoms with E-state index in [1.165, 1.54) is 0 Å². The first kappa shape index (κ1) is 14.5. The number of ketones is 1. The SMILES string of the molecule is CC(C)C#Cc1cnn(CCCC(=O)C(C)C)c1. The summed E-state index contributed by atoms with van der Waals surface area (Å²) in [5.74, 6) is 7.02. The summed E-state index contributed by atoms with van der Waals surface area (Å²) in [6.45, 7) is 8.79. The third-order valence-corrected chi connectivity index (χ3v) is 2.59. The van der Waals surface area contributed by atoms with Crippen LogP contribution in [0.15, 0.2) is 12.4 Å². The quantitative estimate of drug-likeness (QED) is 0.749. The second-order valence-corrected chi connectivity index (χ2v) is 5.14. The van der Waals surface area contributed by atoms with Gasteiger partial charge in [-0.25, -0.2) is 0 Å². The van der Waals surface area contributed by atoms with Crippen molar-refractivity contribution in [2.24, 2.45) is 11.8 Å². The molecule has 0 spiro atoms. The molecule has 18 heavy (non-hydrogen) atoms. The Labute approximate surface area is 110 Å². The molecular formula is C15H22N2O. The summed E-state index contributed by atoms with van der Waals surface area (Å²) in [6, 6.07) is 0. The molecule has 3 nitrogen and oxygen atoms in total. The lowest BCUT2D eigenvalue weighted by molar-refractivity contribution is -0.122. The lowest BCUT2D eigenvalue weighted by Gasteiger charge is -2.03. The van der Waals surface area contributed by atoms with E-state index >= 15 is 0 Å². The molecule has 1 heterocycles. The summed E-state index contributed by atoms with van der Waals surface area (Å²) in [5, 5.41) is 4.24. The largest absolute Gasteiger partial charge is 0.299 e. The Morgan fingerprint density at radius 1 is 1.39 bits per heavy atom. The normalized spacial score (nSPS) is 10.6. The van der Waals surface area contributed by atoms with Crippen molar-refractivity contribution in [3.8, 4) is 11.8 Å². The number of hydrogen-bond donors (Lipinski definition) is 0. The van der Waals surface area contributed by atoms with E-state index in [1.54, 1.807) is 6.20 Å². The van der Waals surface area contributed by atoms with Gasteiger partial charge >= 0.3 is 0 Å². The topological polar surface area (TPSA) is 34.9 Å². The Balaban J connectivity index is 2.41. The zero-order chi connectivity index (χ0) is 13.5. The van der Waals surface area contributed by atoms with Crippen molar-refractivity contribution < 1.29 is 4.79 Å². The highest BCUT2D eigenvalue weighted by Gasteiger charge is 2.06. The summed E-state index contributed by atoms with van der Waals surface area (Å²) in [7, 11) is 0. The van der Waals surface area contributed by atoms with Crippen LogP contribution in [0.1, 0.15) is 46.1 Å². The van der Waals surface area contributed by atoms with Gasteiger partial charge in [0.15, 0.2) is 0 Å². The molecule has 0 atom stereocenters. The molecule has 3 heteroatoms. The number of nitrogens with zero attached hydrogens (tertiary/aromatic N) is 2. The average Bonchev–Trinajstić information content (AvgIpc) is 2.74. The fraction of sp³-hybridized carbons (Fsp3) is 0.600. The first-order chi connectivity index (χ1) is 8.49. The first-order valence-corrected chi connectivity index (χ1v) is 6.55. The minimum absolute atomic E-state index is 0.134. The second-order valence-electron chi connectivity index (χ2n) is 5.14. The second kappa shape index (κ2) is 7.00. The summed E-state index contributed by atoms with van der Waals surface area (Å²) < 4.78 is 1.86. The van der Waals surface area contributed by atoms with Crippen molar-refractivity contribution in [1.29, 1.82) is 0 Å². The zero-order valence-electron chi connectivity index (χ0n) is 11.7. The summed E-state index contributed by atoms with van der Waals surface area (Å²) in [4.78, 5) is 11.5. The number of hydrogen-bond acceptors (Lipinski definition) is 2. The molecule has 0 aliphatic carbocycles. The molecule has 0 aliphatic heterocycles. The smallest absolute Gasteiger partial charge is 0.135 e. The number of carbonyl (C=O) groups is 1. The van der Waals surface area contributed by atoms with Gasteiger partial charge in [0.1, 0.15) is 5.78 Å². The van der Waals surface area contributed by atoms with E-state index in [4.69, 9.17) is 0 Å². The monoisotopic (exact) mass is 246 g/mol. The molecule has 0 saturated carbocycles. The van der Waals surface area contributed by atoms with Crippen molar-refractivity contribution >= 4 is 5.78 Å². The van der Waals surface area contributed by atoms with Gasteiger partial charge in [-0.05, 0) is 6.42 Å². The maximum atomic E-state index is 11.5. The number of Topliss-reactive ketones (excluding diaryl/α,β-unsaturated/α-hetero) is 1. The van der Waals surface area contributed by atoms with E-state index in [9.17, 15) is 4.79 Å². The number of aromatic nitrogens is 2. The lowest BCUT2D eigenvalue weighted by atomic mass is 10.1. The van der Waals surface area contributed by atoms with Crippen LogP contribution < -0.4 is 0 Å². The third kappa shape index (κ3) is 5.18. The highest BCUT2D eigenvalue weighted by atomic mass is 16.1. The molecule has 0 amide bonds. The number of rotatable bonds is 5. The fourth-order valence-electron chi connectivity index (χ4n) is 1.48. The van der Waals surface area contributed by atoms with Gasteiger partial charge in [-0.2, -0.15) is 5.10 Å². The van der Waals surface area contributed by atoms with Gasteiger partial charge in [-0.1, -0.05) is 39.5 Å². The number of carbonyl (C=O) groups excluding carboxylic acids is 1. The Bertz CT molecular complexity index is 447. The van der Waals surface area contributed by atoms with Gasteiger partial charge in [0, 0.05) is 31.0 Å². The third-order valence-electron chi connectivity index (χ3n) is 2.59. The van der Waals surface area contributed by atoms with Crippen molar-refractivity contribution in [2.75, 3.05) is 0 Å². The maximum absolute atomic E-state index is 11.5. The molecule has 0 N–H and O–H groups in total. The highest BCUT2D eigenvalue weighted by molar-refractivity contribution is 5.80. The van der Waals surface area contributed by atoms with Crippen molar-refractivity contribution in [3.05, 3.63) is 18.0 Å². The minimum atomic E-state index is 0.134. The van der Waals surface area contributed by atoms with E-state index in [-0.39, 0.29) is 5.92 Å². The molecule has 0 radical (unpaired) electrons. The molecule has 1 aromatic rings. The van der Waals surface area contributed by atoms with Crippen LogP contribution in [-0.2, 0) is 11.3 Å². The molecule has 1 aromatic heterocycles. The molecule has 0 unspecified atom stereocenters. The summed E-state index contributed by atoms with van der Waals surface area (Å²) in [5.41, 5.74) is 0.943. The molecular weight excluding hydrogens is 224 g/mol. The maximum Gasteiger partial charge on any atom is 0.135 e. The summed E-state index contributed by atoms with van der Waals surface area (Å²) in [6.07, 6.45) is 5.19. The van der Waals surface area contributed by atoms with Crippen LogP contribution in [0.3, 0.4) is 0 Å². The van der Waals surface area contributed by atoms with Crippen LogP contribution >= 0.6 is 0 Å². The Morgan fingerprint density at radius 2 is 2.11 bits per heavy atom. The minimum Gasteiger partial charge on any atom is -0.299 e. The lowest BCUT2D eigenvalue weighted by Crippen LogP contribution is -2.08. The standard InChI is InChI=1S/C15H22N2O/c1-12(2)7-8-14-10-16-17(11-14)9-5-6-15(18)13(3)4/h10-13H,5-6,9H2,1-4H3. The first-order valence-electron chi connectivity index (χ1n) is 6.55. The van der Waals surface area contributed by atoms with Crippen LogP contribution in [0.5, 0.6) is 0 Å². The van der Waals surface area contributed by atoms with E-state index in [0.717, 1.165) is 18.5 Å². The number of aryl methyl sites for hydroxylation is 1. The van der Waals surface area contributed by atoms with Gasteiger partial charge in [0.05, 0.1) is 11.8 Å². The average molecular weight is 246 g/mol. The molecule has 0 aromatic carbocycles. The van der Waals surface area contributed by atoms with Gasteiger partial charge < -0.3 is 0 Å².